The molecule has 0 aliphatic carbocycles. The fraction of sp³-hybridized carbons (Fsp3) is 0.182. The summed E-state index contributed by atoms with van der Waals surface area (Å²) >= 11 is 0. The second-order valence-corrected chi connectivity index (χ2v) is 2.96. The monoisotopic (exact) mass is 191 g/mol. The van der Waals surface area contributed by atoms with E-state index >= 15 is 0 Å². The Balaban J connectivity index is 2.80. The molecule has 2 N–H and O–H groups in total. The zero-order valence-electron chi connectivity index (χ0n) is 8.12. The first kappa shape index (κ1) is 10.3. The van der Waals surface area contributed by atoms with E-state index in [0.717, 1.165) is 5.56 Å². The molecule has 74 valence electrons. The minimum absolute atomic E-state index is 0.215. The van der Waals surface area contributed by atoms with E-state index in [2.05, 4.69) is 6.58 Å². The van der Waals surface area contributed by atoms with Crippen LogP contribution in [0.5, 0.6) is 0 Å². The van der Waals surface area contributed by atoms with Crippen LogP contribution in [0.3, 0.4) is 0 Å². The van der Waals surface area contributed by atoms with Gasteiger partial charge in [0.15, 0.2) is 0 Å². The van der Waals surface area contributed by atoms with Crippen LogP contribution < -0.4 is 5.73 Å². The van der Waals surface area contributed by atoms with E-state index in [9.17, 15) is 4.79 Å². The molecule has 1 rings (SSSR count). The van der Waals surface area contributed by atoms with Gasteiger partial charge in [-0.1, -0.05) is 18.7 Å². The van der Waals surface area contributed by atoms with Gasteiger partial charge in [-0.3, -0.25) is 0 Å². The number of nitrogen functional groups attached to an aromatic ring is 1. The number of hydrogen-bond acceptors (Lipinski definition) is 3. The van der Waals surface area contributed by atoms with Gasteiger partial charge in [-0.2, -0.15) is 0 Å². The smallest absolute Gasteiger partial charge is 0.338 e. The van der Waals surface area contributed by atoms with Crippen LogP contribution in [0.2, 0.25) is 0 Å². The maximum absolute atomic E-state index is 11.3. The third-order valence-electron chi connectivity index (χ3n) is 1.85. The first-order valence-electron chi connectivity index (χ1n) is 4.29. The van der Waals surface area contributed by atoms with Crippen molar-refractivity contribution in [2.75, 3.05) is 12.3 Å². The maximum atomic E-state index is 11.3. The third kappa shape index (κ3) is 2.36. The van der Waals surface area contributed by atoms with Crippen molar-refractivity contribution in [3.63, 3.8) is 0 Å². The van der Waals surface area contributed by atoms with Gasteiger partial charge < -0.3 is 10.5 Å². The zero-order chi connectivity index (χ0) is 10.6. The Bertz CT molecular complexity index is 358. The molecule has 0 amide bonds. The number of carbonyl (C=O) groups excluding carboxylic acids is 1. The van der Waals surface area contributed by atoms with Gasteiger partial charge >= 0.3 is 5.97 Å². The third-order valence-corrected chi connectivity index (χ3v) is 1.85. The summed E-state index contributed by atoms with van der Waals surface area (Å²) in [7, 11) is 0. The number of esters is 1. The molecule has 0 bridgehead atoms. The van der Waals surface area contributed by atoms with Gasteiger partial charge in [0.2, 0.25) is 0 Å². The summed E-state index contributed by atoms with van der Waals surface area (Å²) in [5.41, 5.74) is 7.67. The van der Waals surface area contributed by atoms with Gasteiger partial charge in [-0.25, -0.2) is 4.79 Å². The molecule has 0 aliphatic rings. The molecule has 0 spiro atoms. The number of anilines is 1. The molecule has 1 aromatic carbocycles. The van der Waals surface area contributed by atoms with Crippen LogP contribution in [0.4, 0.5) is 5.69 Å². The number of hydrogen-bond donors (Lipinski definition) is 1. The molecular weight excluding hydrogens is 178 g/mol. The molecule has 1 aromatic rings. The van der Waals surface area contributed by atoms with E-state index in [1.54, 1.807) is 18.2 Å². The fourth-order valence-corrected chi connectivity index (χ4v) is 0.985. The number of nitrogens with two attached hydrogens (primary N) is 1. The number of benzene rings is 1. The summed E-state index contributed by atoms with van der Waals surface area (Å²) in [5.74, 6) is -0.378. The average Bonchev–Trinajstić information content (AvgIpc) is 2.18. The number of carbonyl (C=O) groups is 1. The van der Waals surface area contributed by atoms with Crippen molar-refractivity contribution in [2.24, 2.45) is 0 Å². The van der Waals surface area contributed by atoms with E-state index in [1.807, 2.05) is 6.92 Å². The Hall–Kier alpha value is -1.77. The molecule has 0 fully saturated rings. The van der Waals surface area contributed by atoms with Gasteiger partial charge in [0.1, 0.15) is 6.61 Å². The predicted molar refractivity (Wildman–Crippen MR) is 56.1 cm³/mol. The lowest BCUT2D eigenvalue weighted by Crippen LogP contribution is -2.05. The Labute approximate surface area is 83.2 Å². The van der Waals surface area contributed by atoms with Gasteiger partial charge in [0.25, 0.3) is 0 Å². The highest BCUT2D eigenvalue weighted by Gasteiger charge is 2.06. The summed E-state index contributed by atoms with van der Waals surface area (Å²) < 4.78 is 4.86. The summed E-state index contributed by atoms with van der Waals surface area (Å²) in [6.45, 7) is 5.55. The van der Waals surface area contributed by atoms with Crippen LogP contribution in [-0.2, 0) is 4.74 Å². The van der Waals surface area contributed by atoms with Crippen molar-refractivity contribution in [3.05, 3.63) is 42.0 Å². The van der Waals surface area contributed by atoms with Crippen LogP contribution in [0.15, 0.2) is 30.9 Å². The number of aryl methyl sites for hydroxylation is 1. The van der Waals surface area contributed by atoms with Crippen molar-refractivity contribution in [1.82, 2.24) is 0 Å². The standard InChI is InChI=1S/C11H13NO2/c1-3-6-14-11(13)9-5-4-8(2)10(12)7-9/h3-5,7H,1,6,12H2,2H3. The quantitative estimate of drug-likeness (QED) is 0.451. The van der Waals surface area contributed by atoms with E-state index in [0.29, 0.717) is 11.3 Å². The Morgan fingerprint density at radius 2 is 2.36 bits per heavy atom. The topological polar surface area (TPSA) is 52.3 Å². The molecule has 3 nitrogen and oxygen atoms in total. The Morgan fingerprint density at radius 1 is 1.64 bits per heavy atom. The summed E-state index contributed by atoms with van der Waals surface area (Å²) in [5, 5.41) is 0. The van der Waals surface area contributed by atoms with Crippen molar-refractivity contribution >= 4 is 11.7 Å². The molecule has 0 saturated heterocycles. The lowest BCUT2D eigenvalue weighted by atomic mass is 10.1. The summed E-state index contributed by atoms with van der Waals surface area (Å²) in [6, 6.07) is 5.09. The zero-order valence-corrected chi connectivity index (χ0v) is 8.12. The van der Waals surface area contributed by atoms with Crippen molar-refractivity contribution in [2.45, 2.75) is 6.92 Å². The highest BCUT2D eigenvalue weighted by molar-refractivity contribution is 5.90. The first-order chi connectivity index (χ1) is 6.65. The SMILES string of the molecule is C=CCOC(=O)c1ccc(C)c(N)c1. The van der Waals surface area contributed by atoms with E-state index in [1.165, 1.54) is 6.08 Å². The lowest BCUT2D eigenvalue weighted by molar-refractivity contribution is 0.0550. The Kier molecular flexibility index (Phi) is 3.29. The van der Waals surface area contributed by atoms with Crippen molar-refractivity contribution in [1.29, 1.82) is 0 Å². The molecule has 0 aliphatic heterocycles. The molecule has 3 heteroatoms. The Morgan fingerprint density at radius 3 is 2.93 bits per heavy atom. The van der Waals surface area contributed by atoms with E-state index in [-0.39, 0.29) is 12.6 Å². The molecule has 0 saturated carbocycles. The molecule has 0 heterocycles. The number of rotatable bonds is 3. The van der Waals surface area contributed by atoms with E-state index in [4.69, 9.17) is 10.5 Å². The number of ether oxygens (including phenoxy) is 1. The normalized spacial score (nSPS) is 9.50. The largest absolute Gasteiger partial charge is 0.458 e. The molecule has 0 unspecified atom stereocenters. The lowest BCUT2D eigenvalue weighted by Gasteiger charge is -2.04. The first-order valence-corrected chi connectivity index (χ1v) is 4.29. The van der Waals surface area contributed by atoms with Crippen LogP contribution in [0.25, 0.3) is 0 Å². The van der Waals surface area contributed by atoms with Crippen molar-refractivity contribution in [3.8, 4) is 0 Å². The maximum Gasteiger partial charge on any atom is 0.338 e. The van der Waals surface area contributed by atoms with Gasteiger partial charge in [0, 0.05) is 5.69 Å². The molecule has 0 radical (unpaired) electrons. The van der Waals surface area contributed by atoms with Crippen LogP contribution in [0, 0.1) is 6.92 Å². The molecule has 14 heavy (non-hydrogen) atoms. The predicted octanol–water partition coefficient (Wildman–Crippen LogP) is 1.92. The van der Waals surface area contributed by atoms with Crippen molar-refractivity contribution < 1.29 is 9.53 Å². The highest BCUT2D eigenvalue weighted by atomic mass is 16.5. The van der Waals surface area contributed by atoms with Crippen LogP contribution >= 0.6 is 0 Å². The minimum Gasteiger partial charge on any atom is -0.458 e. The molecule has 0 atom stereocenters. The summed E-state index contributed by atoms with van der Waals surface area (Å²) in [6.07, 6.45) is 1.52. The second kappa shape index (κ2) is 4.46. The van der Waals surface area contributed by atoms with Gasteiger partial charge in [-0.05, 0) is 24.6 Å². The minimum atomic E-state index is -0.378. The molecule has 0 aromatic heterocycles. The fourth-order valence-electron chi connectivity index (χ4n) is 0.985. The average molecular weight is 191 g/mol. The van der Waals surface area contributed by atoms with E-state index < -0.39 is 0 Å². The van der Waals surface area contributed by atoms with Gasteiger partial charge in [-0.15, -0.1) is 0 Å². The molecular formula is C11H13NO2. The van der Waals surface area contributed by atoms with Gasteiger partial charge in [0.05, 0.1) is 5.56 Å². The second-order valence-electron chi connectivity index (χ2n) is 2.96. The van der Waals surface area contributed by atoms with Crippen LogP contribution in [-0.4, -0.2) is 12.6 Å². The highest BCUT2D eigenvalue weighted by Crippen LogP contribution is 2.13. The van der Waals surface area contributed by atoms with Crippen LogP contribution in [0.1, 0.15) is 15.9 Å². The summed E-state index contributed by atoms with van der Waals surface area (Å²) in [4.78, 5) is 11.3.